The molecule has 0 aliphatic carbocycles. The van der Waals surface area contributed by atoms with Crippen molar-refractivity contribution in [2.24, 2.45) is 0 Å². The van der Waals surface area contributed by atoms with Crippen LogP contribution in [0.5, 0.6) is 0 Å². The van der Waals surface area contributed by atoms with Crippen LogP contribution in [-0.2, 0) is 21.8 Å². The Morgan fingerprint density at radius 1 is 1.25 bits per heavy atom. The van der Waals surface area contributed by atoms with Gasteiger partial charge >= 0.3 is 6.18 Å². The number of hydrogen-bond donors (Lipinski definition) is 1. The van der Waals surface area contributed by atoms with Crippen molar-refractivity contribution < 1.29 is 22.4 Å². The molecule has 2 rings (SSSR count). The molecule has 0 spiro atoms. The molecule has 1 aliphatic heterocycles. The average Bonchev–Trinajstić information content (AvgIpc) is 2.96. The number of benzene rings is 1. The Morgan fingerprint density at radius 2 is 1.93 bits per heavy atom. The van der Waals surface area contributed by atoms with Crippen molar-refractivity contribution >= 4 is 14.2 Å². The molecular weight excluding hydrogens is 383 g/mol. The van der Waals surface area contributed by atoms with Gasteiger partial charge in [-0.15, -0.1) is 0 Å². The molecule has 28 heavy (non-hydrogen) atoms. The molecule has 0 saturated carbocycles. The van der Waals surface area contributed by atoms with E-state index in [0.717, 1.165) is 18.9 Å². The van der Waals surface area contributed by atoms with Gasteiger partial charge in [-0.2, -0.15) is 13.2 Å². The van der Waals surface area contributed by atoms with Crippen molar-refractivity contribution in [3.63, 3.8) is 0 Å². The minimum atomic E-state index is -4.35. The van der Waals surface area contributed by atoms with Gasteiger partial charge < -0.3 is 9.74 Å². The molecule has 1 heterocycles. The Morgan fingerprint density at radius 3 is 2.46 bits per heavy atom. The highest BCUT2D eigenvalue weighted by molar-refractivity contribution is 6.74. The molecule has 158 valence electrons. The first-order valence-corrected chi connectivity index (χ1v) is 12.8. The first-order valence-electron chi connectivity index (χ1n) is 9.91. The van der Waals surface area contributed by atoms with Crippen LogP contribution < -0.4 is 5.32 Å². The maximum absolute atomic E-state index is 13.1. The van der Waals surface area contributed by atoms with Crippen LogP contribution in [0.2, 0.25) is 18.1 Å². The highest BCUT2D eigenvalue weighted by Gasteiger charge is 2.39. The van der Waals surface area contributed by atoms with Crippen molar-refractivity contribution in [2.45, 2.75) is 89.3 Å². The van der Waals surface area contributed by atoms with E-state index in [1.165, 1.54) is 12.1 Å². The van der Waals surface area contributed by atoms with Gasteiger partial charge in [-0.25, -0.2) is 0 Å². The van der Waals surface area contributed by atoms with E-state index < -0.39 is 20.1 Å². The van der Waals surface area contributed by atoms with Crippen LogP contribution in [0.25, 0.3) is 0 Å². The number of amides is 1. The maximum atomic E-state index is 13.1. The first kappa shape index (κ1) is 22.9. The van der Waals surface area contributed by atoms with Crippen molar-refractivity contribution in [3.8, 4) is 0 Å². The molecule has 2 unspecified atom stereocenters. The zero-order valence-electron chi connectivity index (χ0n) is 17.5. The minimum absolute atomic E-state index is 0.0145. The predicted molar refractivity (Wildman–Crippen MR) is 108 cm³/mol. The van der Waals surface area contributed by atoms with E-state index >= 15 is 0 Å². The number of carbonyl (C=O) groups is 1. The van der Waals surface area contributed by atoms with E-state index in [-0.39, 0.29) is 23.1 Å². The summed E-state index contributed by atoms with van der Waals surface area (Å²) in [4.78, 5) is 11.4. The lowest BCUT2D eigenvalue weighted by atomic mass is 9.99. The number of halogens is 3. The highest BCUT2D eigenvalue weighted by Crippen LogP contribution is 2.38. The third-order valence-corrected chi connectivity index (χ3v) is 10.4. The third-order valence-electron chi connectivity index (χ3n) is 5.91. The molecule has 1 aromatic rings. The second-order valence-electron chi connectivity index (χ2n) is 9.28. The fourth-order valence-electron chi connectivity index (χ4n) is 3.21. The largest absolute Gasteiger partial charge is 0.416 e. The fraction of sp³-hybridized carbons (Fsp3) is 0.667. The van der Waals surface area contributed by atoms with Crippen LogP contribution in [0.4, 0.5) is 13.2 Å². The third kappa shape index (κ3) is 6.34. The van der Waals surface area contributed by atoms with Crippen LogP contribution in [0.3, 0.4) is 0 Å². The van der Waals surface area contributed by atoms with E-state index in [1.54, 1.807) is 6.07 Å². The van der Waals surface area contributed by atoms with Crippen LogP contribution in [0, 0.1) is 0 Å². The van der Waals surface area contributed by atoms with Gasteiger partial charge in [-0.05, 0) is 55.4 Å². The zero-order chi connectivity index (χ0) is 21.2. The van der Waals surface area contributed by atoms with Gasteiger partial charge in [-0.3, -0.25) is 4.79 Å². The van der Waals surface area contributed by atoms with Gasteiger partial charge in [0.05, 0.1) is 5.56 Å². The summed E-state index contributed by atoms with van der Waals surface area (Å²) < 4.78 is 45.7. The molecule has 7 heteroatoms. The summed E-state index contributed by atoms with van der Waals surface area (Å²) >= 11 is 0. The van der Waals surface area contributed by atoms with E-state index in [2.05, 4.69) is 39.2 Å². The molecule has 1 aromatic carbocycles. The molecule has 1 N–H and O–H groups in total. The minimum Gasteiger partial charge on any atom is -0.414 e. The van der Waals surface area contributed by atoms with E-state index in [0.29, 0.717) is 24.8 Å². The summed E-state index contributed by atoms with van der Waals surface area (Å²) in [7, 11) is -2.07. The Labute approximate surface area is 167 Å². The maximum Gasteiger partial charge on any atom is 0.416 e. The number of carbonyl (C=O) groups excluding carboxylic acids is 1. The monoisotopic (exact) mass is 415 g/mol. The van der Waals surface area contributed by atoms with Gasteiger partial charge in [0, 0.05) is 18.6 Å². The van der Waals surface area contributed by atoms with Crippen LogP contribution in [0.15, 0.2) is 24.3 Å². The number of nitrogens with one attached hydrogen (secondary N) is 1. The van der Waals surface area contributed by atoms with Gasteiger partial charge in [0.1, 0.15) is 0 Å². The van der Waals surface area contributed by atoms with Gasteiger partial charge in [-0.1, -0.05) is 39.0 Å². The quantitative estimate of drug-likeness (QED) is 0.580. The van der Waals surface area contributed by atoms with Crippen LogP contribution in [-0.4, -0.2) is 26.4 Å². The Kier molecular flexibility index (Phi) is 7.02. The molecule has 1 fully saturated rings. The summed E-state index contributed by atoms with van der Waals surface area (Å²) in [6.07, 6.45) is -1.21. The Balaban J connectivity index is 2.14. The fourth-order valence-corrected chi connectivity index (χ4v) is 4.60. The zero-order valence-corrected chi connectivity index (χ0v) is 18.5. The second kappa shape index (κ2) is 8.57. The lowest BCUT2D eigenvalue weighted by Gasteiger charge is -2.39. The number of rotatable bonds is 7. The van der Waals surface area contributed by atoms with Crippen LogP contribution in [0.1, 0.15) is 57.6 Å². The molecule has 2 atom stereocenters. The summed E-state index contributed by atoms with van der Waals surface area (Å²) in [5.41, 5.74) is 0.00752. The number of hydrogen-bond acceptors (Lipinski definition) is 2. The van der Waals surface area contributed by atoms with E-state index in [9.17, 15) is 18.0 Å². The summed E-state index contributed by atoms with van der Waals surface area (Å²) in [5, 5.41) is 2.98. The van der Waals surface area contributed by atoms with Crippen LogP contribution >= 0.6 is 0 Å². The predicted octanol–water partition coefficient (Wildman–Crippen LogP) is 5.70. The Hall–Kier alpha value is -1.34. The molecule has 0 aromatic heterocycles. The molecule has 0 radical (unpaired) electrons. The molecule has 1 aliphatic rings. The topological polar surface area (TPSA) is 38.3 Å². The summed E-state index contributed by atoms with van der Waals surface area (Å²) in [5.74, 6) is 0.0738. The lowest BCUT2D eigenvalue weighted by Crippen LogP contribution is -2.44. The smallest absolute Gasteiger partial charge is 0.414 e. The number of alkyl halides is 3. The normalized spacial score (nSPS) is 19.6. The van der Waals surface area contributed by atoms with Gasteiger partial charge in [0.2, 0.25) is 5.91 Å². The van der Waals surface area contributed by atoms with E-state index in [4.69, 9.17) is 4.43 Å². The molecule has 0 bridgehead atoms. The van der Waals surface area contributed by atoms with Crippen molar-refractivity contribution in [1.29, 1.82) is 0 Å². The molecular formula is C21H32F3NO2Si. The van der Waals surface area contributed by atoms with Gasteiger partial charge in [0.15, 0.2) is 8.32 Å². The summed E-state index contributed by atoms with van der Waals surface area (Å²) in [6, 6.07) is 5.65. The lowest BCUT2D eigenvalue weighted by molar-refractivity contribution is -0.137. The standard InChI is InChI=1S/C21H32F3NO2Si/c1-20(2,3)28(4,5)27-18(11-9-17-10-12-19(26)25-17)14-15-7-6-8-16(13-15)21(22,23)24/h6-8,13,17-18H,9-12,14H2,1-5H3,(H,25,26). The molecule has 1 amide bonds. The van der Waals surface area contributed by atoms with Crippen molar-refractivity contribution in [2.75, 3.05) is 0 Å². The Bertz CT molecular complexity index is 683. The average molecular weight is 416 g/mol. The molecule has 3 nitrogen and oxygen atoms in total. The van der Waals surface area contributed by atoms with Crippen molar-refractivity contribution in [3.05, 3.63) is 35.4 Å². The van der Waals surface area contributed by atoms with E-state index in [1.807, 2.05) is 0 Å². The first-order chi connectivity index (χ1) is 12.8. The summed E-state index contributed by atoms with van der Waals surface area (Å²) in [6.45, 7) is 10.8. The van der Waals surface area contributed by atoms with Crippen molar-refractivity contribution in [1.82, 2.24) is 5.32 Å². The molecule has 1 saturated heterocycles. The SMILES string of the molecule is CC(C)(C)[Si](C)(C)OC(CCC1CCC(=O)N1)Cc1cccc(C(F)(F)F)c1. The second-order valence-corrected chi connectivity index (χ2v) is 14.0. The van der Waals surface area contributed by atoms with Gasteiger partial charge in [0.25, 0.3) is 0 Å². The highest BCUT2D eigenvalue weighted by atomic mass is 28.4.